The monoisotopic (exact) mass is 874 g/mol. The van der Waals surface area contributed by atoms with Crippen molar-refractivity contribution in [1.82, 2.24) is 31.2 Å². The maximum atomic E-state index is 15.7. The van der Waals surface area contributed by atoms with Crippen molar-refractivity contribution < 1.29 is 31.9 Å². The lowest BCUT2D eigenvalue weighted by Gasteiger charge is -2.52. The van der Waals surface area contributed by atoms with Gasteiger partial charge in [-0.3, -0.25) is 30.2 Å². The van der Waals surface area contributed by atoms with E-state index in [0.29, 0.717) is 52.0 Å². The lowest BCUT2D eigenvalue weighted by Crippen LogP contribution is -2.75. The minimum atomic E-state index is -4.61. The summed E-state index contributed by atoms with van der Waals surface area (Å²) in [7, 11) is 4.57. The quantitative estimate of drug-likeness (QED) is 0.0637. The van der Waals surface area contributed by atoms with Gasteiger partial charge in [0, 0.05) is 44.3 Å². The molecule has 2 amide bonds. The van der Waals surface area contributed by atoms with Crippen molar-refractivity contribution in [3.8, 4) is 5.75 Å². The van der Waals surface area contributed by atoms with Gasteiger partial charge in [0.2, 0.25) is 11.8 Å². The highest BCUT2D eigenvalue weighted by atomic mass is 19.4. The number of hydrogen-bond donors (Lipinski definition) is 4. The highest BCUT2D eigenvalue weighted by Gasteiger charge is 2.64. The summed E-state index contributed by atoms with van der Waals surface area (Å²) in [5.41, 5.74) is 0.748. The molecule has 0 aliphatic rings. The zero-order chi connectivity index (χ0) is 46.1. The molecular weight excluding hydrogens is 821 g/mol. The van der Waals surface area contributed by atoms with Crippen molar-refractivity contribution in [2.24, 2.45) is 0 Å². The van der Waals surface area contributed by atoms with Crippen LogP contribution in [0.3, 0.4) is 0 Å². The van der Waals surface area contributed by atoms with Crippen LogP contribution in [-0.2, 0) is 39.7 Å². The Balaban J connectivity index is 1.64. The Labute approximate surface area is 372 Å². The summed E-state index contributed by atoms with van der Waals surface area (Å²) in [5, 5.41) is 13.4. The standard InChI is InChI=1S/C51H54F4N6O3/c1-33-17-23-39(30-45(33)64-6)44(27-21-37-22-28-46(59-32-37)51(53,54)55)61-50(48(63)57-5,41-15-11-8-12-16-41)49(47(62)56-4,40-13-9-7-10-14-40)60-43(38-24-25-42(52)34(2)29-38)26-20-36-19-18-35(3)58-31-36/h7-19,22-25,28-32,43-44,60-61H,20-21,26-27H2,1-6H3,(H,56,62)(H,57,63)/t43?,44-,49?,50+/m1/s1. The Bertz CT molecular complexity index is 2510. The van der Waals surface area contributed by atoms with Crippen molar-refractivity contribution in [1.29, 1.82) is 0 Å². The second kappa shape index (κ2) is 20.4. The molecule has 0 saturated carbocycles. The molecule has 2 aromatic heterocycles. The molecule has 0 fully saturated rings. The lowest BCUT2D eigenvalue weighted by atomic mass is 9.65. The van der Waals surface area contributed by atoms with Gasteiger partial charge in [-0.2, -0.15) is 13.2 Å². The number of carbonyl (C=O) groups is 2. The van der Waals surface area contributed by atoms with Crippen LogP contribution in [-0.4, -0.2) is 43.0 Å². The maximum Gasteiger partial charge on any atom is 0.433 e. The molecule has 6 aromatic rings. The molecule has 4 N–H and O–H groups in total. The van der Waals surface area contributed by atoms with Gasteiger partial charge in [0.1, 0.15) is 17.3 Å². The number of rotatable bonds is 18. The fourth-order valence-electron chi connectivity index (χ4n) is 8.41. The van der Waals surface area contributed by atoms with Gasteiger partial charge >= 0.3 is 6.18 Å². The number of ether oxygens (including phenoxy) is 1. The van der Waals surface area contributed by atoms with E-state index in [1.54, 1.807) is 80.9 Å². The Hall–Kier alpha value is -6.44. The van der Waals surface area contributed by atoms with E-state index in [1.165, 1.54) is 32.4 Å². The van der Waals surface area contributed by atoms with Crippen molar-refractivity contribution in [3.05, 3.63) is 195 Å². The summed E-state index contributed by atoms with van der Waals surface area (Å²) >= 11 is 0. The van der Waals surface area contributed by atoms with Crippen molar-refractivity contribution in [3.63, 3.8) is 0 Å². The van der Waals surface area contributed by atoms with Gasteiger partial charge in [-0.1, -0.05) is 97.1 Å². The van der Waals surface area contributed by atoms with Gasteiger partial charge in [0.25, 0.3) is 0 Å². The van der Waals surface area contributed by atoms with E-state index >= 15 is 14.0 Å². The number of pyridine rings is 2. The Morgan fingerprint density at radius 2 is 1.12 bits per heavy atom. The molecule has 2 heterocycles. The third kappa shape index (κ3) is 10.0. The predicted molar refractivity (Wildman–Crippen MR) is 240 cm³/mol. The van der Waals surface area contributed by atoms with E-state index < -0.39 is 52.7 Å². The second-order valence-corrected chi connectivity index (χ2v) is 16.0. The molecule has 9 nitrogen and oxygen atoms in total. The van der Waals surface area contributed by atoms with Gasteiger partial charge in [-0.05, 0) is 115 Å². The Morgan fingerprint density at radius 1 is 0.625 bits per heavy atom. The topological polar surface area (TPSA) is 117 Å². The number of benzene rings is 4. The van der Waals surface area contributed by atoms with E-state index in [2.05, 4.69) is 31.2 Å². The maximum absolute atomic E-state index is 15.7. The number of nitrogens with one attached hydrogen (secondary N) is 4. The molecule has 0 radical (unpaired) electrons. The van der Waals surface area contributed by atoms with E-state index in [9.17, 15) is 13.2 Å². The zero-order valence-corrected chi connectivity index (χ0v) is 36.8. The largest absolute Gasteiger partial charge is 0.496 e. The van der Waals surface area contributed by atoms with Crippen LogP contribution >= 0.6 is 0 Å². The first-order valence-corrected chi connectivity index (χ1v) is 21.1. The number of hydrogen-bond acceptors (Lipinski definition) is 7. The van der Waals surface area contributed by atoms with Gasteiger partial charge in [0.05, 0.1) is 7.11 Å². The molecule has 334 valence electrons. The first-order chi connectivity index (χ1) is 30.7. The lowest BCUT2D eigenvalue weighted by molar-refractivity contribution is -0.144. The van der Waals surface area contributed by atoms with Gasteiger partial charge in [-0.15, -0.1) is 0 Å². The summed E-state index contributed by atoms with van der Waals surface area (Å²) in [4.78, 5) is 39.5. The summed E-state index contributed by atoms with van der Waals surface area (Å²) in [5.74, 6) is -0.958. The minimum Gasteiger partial charge on any atom is -0.496 e. The molecule has 6 rings (SSSR count). The van der Waals surface area contributed by atoms with Gasteiger partial charge < -0.3 is 15.4 Å². The first-order valence-electron chi connectivity index (χ1n) is 21.1. The number of amides is 2. The number of alkyl halides is 3. The first kappa shape index (κ1) is 47.0. The van der Waals surface area contributed by atoms with Crippen molar-refractivity contribution in [2.45, 2.75) is 75.8 Å². The van der Waals surface area contributed by atoms with Crippen LogP contribution in [0.1, 0.15) is 80.8 Å². The van der Waals surface area contributed by atoms with E-state index in [4.69, 9.17) is 4.74 Å². The van der Waals surface area contributed by atoms with Crippen LogP contribution in [0.2, 0.25) is 0 Å². The van der Waals surface area contributed by atoms with Crippen LogP contribution in [0.25, 0.3) is 0 Å². The van der Waals surface area contributed by atoms with Crippen molar-refractivity contribution in [2.75, 3.05) is 21.2 Å². The molecule has 0 aliphatic carbocycles. The Kier molecular flexibility index (Phi) is 15.0. The number of nitrogens with zero attached hydrogens (tertiary/aromatic N) is 2. The molecule has 0 aliphatic heterocycles. The van der Waals surface area contributed by atoms with Crippen LogP contribution in [0.5, 0.6) is 5.75 Å². The number of methoxy groups -OCH3 is 1. The summed E-state index contributed by atoms with van der Waals surface area (Å²) < 4.78 is 61.5. The smallest absolute Gasteiger partial charge is 0.433 e. The molecule has 2 unspecified atom stereocenters. The minimum absolute atomic E-state index is 0.227. The number of aryl methyl sites for hydroxylation is 5. The van der Waals surface area contributed by atoms with E-state index in [-0.39, 0.29) is 12.8 Å². The number of halogens is 4. The third-order valence-electron chi connectivity index (χ3n) is 11.8. The molecule has 64 heavy (non-hydrogen) atoms. The SMILES string of the molecule is CNC(=O)C(NC(CCc1ccc(C)nc1)c1ccc(F)c(C)c1)(c1ccccc1)[C@@](N[C@H](CCc1ccc(C(F)(F)F)nc1)c1ccc(C)c(OC)c1)(C(=O)NC)c1ccccc1. The summed E-state index contributed by atoms with van der Waals surface area (Å²) in [6.45, 7) is 5.48. The number of carbonyl (C=O) groups excluding carboxylic acids is 2. The second-order valence-electron chi connectivity index (χ2n) is 16.0. The molecule has 0 saturated heterocycles. The molecule has 0 spiro atoms. The molecular formula is C51H54F4N6O3. The summed E-state index contributed by atoms with van der Waals surface area (Å²) in [6.07, 6.45) is -0.260. The van der Waals surface area contributed by atoms with Crippen molar-refractivity contribution >= 4 is 11.8 Å². The predicted octanol–water partition coefficient (Wildman–Crippen LogP) is 9.08. The van der Waals surface area contributed by atoms with Crippen LogP contribution in [0.15, 0.2) is 134 Å². The molecule has 0 bridgehead atoms. The fraction of sp³-hybridized carbons (Fsp3) is 0.294. The average Bonchev–Trinajstić information content (AvgIpc) is 3.31. The number of aromatic nitrogens is 2. The zero-order valence-electron chi connectivity index (χ0n) is 36.8. The highest BCUT2D eigenvalue weighted by Crippen LogP contribution is 2.46. The van der Waals surface area contributed by atoms with E-state index in [0.717, 1.165) is 22.9 Å². The van der Waals surface area contributed by atoms with E-state index in [1.807, 2.05) is 56.3 Å². The normalized spacial score (nSPS) is 14.4. The number of likely N-dealkylation sites (N-methyl/N-ethyl adjacent to an activating group) is 2. The van der Waals surface area contributed by atoms with Crippen LogP contribution in [0.4, 0.5) is 17.6 Å². The van der Waals surface area contributed by atoms with Gasteiger partial charge in [0.15, 0.2) is 11.1 Å². The third-order valence-corrected chi connectivity index (χ3v) is 11.8. The van der Waals surface area contributed by atoms with Crippen LogP contribution < -0.4 is 26.0 Å². The summed E-state index contributed by atoms with van der Waals surface area (Å²) in [6, 6.07) is 33.2. The Morgan fingerprint density at radius 3 is 1.56 bits per heavy atom. The van der Waals surface area contributed by atoms with Gasteiger partial charge in [-0.25, -0.2) is 4.39 Å². The molecule has 4 aromatic carbocycles. The molecule has 13 heteroatoms. The average molecular weight is 875 g/mol. The highest BCUT2D eigenvalue weighted by molar-refractivity contribution is 6.01. The van der Waals surface area contributed by atoms with Crippen LogP contribution in [0, 0.1) is 26.6 Å². The fourth-order valence-corrected chi connectivity index (χ4v) is 8.41. The molecule has 4 atom stereocenters.